The van der Waals surface area contributed by atoms with Gasteiger partial charge in [0.1, 0.15) is 5.75 Å². The first kappa shape index (κ1) is 16.6. The molecule has 18 heavy (non-hydrogen) atoms. The number of methoxy groups -OCH3 is 1. The van der Waals surface area contributed by atoms with Crippen LogP contribution in [-0.4, -0.2) is 19.7 Å². The average molecular weight is 282 g/mol. The van der Waals surface area contributed by atoms with E-state index < -0.39 is 18.6 Å². The Morgan fingerprint density at radius 2 is 1.89 bits per heavy atom. The zero-order valence-corrected chi connectivity index (χ0v) is 10.5. The highest BCUT2D eigenvalue weighted by Crippen LogP contribution is 2.20. The number of nitrogens with two attached hydrogens (primary N) is 1. The maximum atomic E-state index is 11.9. The normalized spacial score (nSPS) is 11.6. The van der Waals surface area contributed by atoms with Gasteiger partial charge in [0.25, 0.3) is 0 Å². The third-order valence-electron chi connectivity index (χ3n) is 2.15. The lowest BCUT2D eigenvalue weighted by molar-refractivity contribution is -0.141. The van der Waals surface area contributed by atoms with E-state index in [2.05, 4.69) is 9.47 Å². The lowest BCUT2D eigenvalue weighted by atomic mass is 10.0. The molecule has 0 radical (unpaired) electrons. The molecule has 0 saturated heterocycles. The number of halogens is 3. The second-order valence-electron chi connectivity index (χ2n) is 3.33. The molecule has 1 unspecified atom stereocenters. The molecule has 2 N–H and O–H groups in total. The summed E-state index contributed by atoms with van der Waals surface area (Å²) in [6, 6.07) is 5.29. The van der Waals surface area contributed by atoms with Crippen molar-refractivity contribution in [2.45, 2.75) is 19.1 Å². The number of benzene rings is 1. The molecule has 0 heterocycles. The lowest BCUT2D eigenvalue weighted by Crippen LogP contribution is -2.16. The molecule has 1 aromatic rings. The summed E-state index contributed by atoms with van der Waals surface area (Å²) in [4.78, 5) is 11.0. The molecule has 0 fully saturated rings. The third-order valence-corrected chi connectivity index (χ3v) is 2.15. The number of hydrogen-bond donors (Lipinski definition) is 1. The topological polar surface area (TPSA) is 61.5 Å². The van der Waals surface area contributed by atoms with E-state index in [4.69, 9.17) is 5.73 Å². The van der Waals surface area contributed by atoms with Gasteiger partial charge in [0.15, 0.2) is 0 Å². The quantitative estimate of drug-likeness (QED) is 0.841. The first-order chi connectivity index (χ1) is 8.02. The van der Waals surface area contributed by atoms with Gasteiger partial charge in [-0.2, -0.15) is 8.78 Å². The zero-order chi connectivity index (χ0) is 12.8. The van der Waals surface area contributed by atoms with E-state index in [0.29, 0.717) is 5.56 Å². The minimum absolute atomic E-state index is 0. The highest BCUT2D eigenvalue weighted by Gasteiger charge is 2.12. The van der Waals surface area contributed by atoms with Gasteiger partial charge in [0, 0.05) is 6.04 Å². The number of rotatable bonds is 5. The molecule has 0 aromatic heterocycles. The van der Waals surface area contributed by atoms with E-state index in [9.17, 15) is 13.6 Å². The minimum Gasteiger partial charge on any atom is -0.469 e. The van der Waals surface area contributed by atoms with Gasteiger partial charge in [-0.3, -0.25) is 4.79 Å². The molecule has 1 rings (SSSR count). The van der Waals surface area contributed by atoms with E-state index in [-0.39, 0.29) is 24.6 Å². The Morgan fingerprint density at radius 1 is 1.33 bits per heavy atom. The first-order valence-corrected chi connectivity index (χ1v) is 4.90. The van der Waals surface area contributed by atoms with Crippen molar-refractivity contribution in [3.05, 3.63) is 29.8 Å². The summed E-state index contributed by atoms with van der Waals surface area (Å²) in [5.41, 5.74) is 6.38. The Balaban J connectivity index is 0.00000289. The summed E-state index contributed by atoms with van der Waals surface area (Å²) in [6.45, 7) is -2.86. The second-order valence-corrected chi connectivity index (χ2v) is 3.33. The van der Waals surface area contributed by atoms with Crippen molar-refractivity contribution in [2.24, 2.45) is 5.73 Å². The van der Waals surface area contributed by atoms with Gasteiger partial charge in [0.05, 0.1) is 13.5 Å². The van der Waals surface area contributed by atoms with Crippen molar-refractivity contribution < 1.29 is 23.0 Å². The summed E-state index contributed by atoms with van der Waals surface area (Å²) in [7, 11) is 1.27. The predicted octanol–water partition coefficient (Wildman–Crippen LogP) is 2.27. The maximum absolute atomic E-state index is 11.9. The van der Waals surface area contributed by atoms with Crippen LogP contribution < -0.4 is 10.5 Å². The van der Waals surface area contributed by atoms with Crippen LogP contribution in [0.5, 0.6) is 5.75 Å². The average Bonchev–Trinajstić information content (AvgIpc) is 2.28. The smallest absolute Gasteiger partial charge is 0.387 e. The number of alkyl halides is 2. The van der Waals surface area contributed by atoms with Crippen LogP contribution in [-0.2, 0) is 9.53 Å². The number of carbonyl (C=O) groups excluding carboxylic acids is 1. The van der Waals surface area contributed by atoms with Crippen molar-refractivity contribution >= 4 is 18.4 Å². The summed E-state index contributed by atoms with van der Waals surface area (Å²) in [5.74, 6) is -0.376. The fraction of sp³-hybridized carbons (Fsp3) is 0.364. The lowest BCUT2D eigenvalue weighted by Gasteiger charge is -2.11. The van der Waals surface area contributed by atoms with Gasteiger partial charge in [-0.15, -0.1) is 12.4 Å². The molecule has 0 saturated carbocycles. The van der Waals surface area contributed by atoms with Gasteiger partial charge >= 0.3 is 12.6 Å². The molecule has 4 nitrogen and oxygen atoms in total. The van der Waals surface area contributed by atoms with Crippen LogP contribution >= 0.6 is 12.4 Å². The number of carbonyl (C=O) groups is 1. The summed E-state index contributed by atoms with van der Waals surface area (Å²) in [6.07, 6.45) is 0.0333. The second kappa shape index (κ2) is 7.84. The Bertz CT molecular complexity index is 373. The molecule has 0 bridgehead atoms. The standard InChI is InChI=1S/C11H13F2NO3.ClH/c1-16-10(15)6-9(14)7-2-4-8(5-3-7)17-11(12)13;/h2-5,9,11H,6,14H2,1H3;1H. The fourth-order valence-corrected chi connectivity index (χ4v) is 1.28. The molecular weight excluding hydrogens is 268 g/mol. The zero-order valence-electron chi connectivity index (χ0n) is 9.64. The van der Waals surface area contributed by atoms with Crippen LogP contribution in [0.15, 0.2) is 24.3 Å². The summed E-state index contributed by atoms with van der Waals surface area (Å²) < 4.78 is 32.4. The van der Waals surface area contributed by atoms with Gasteiger partial charge in [0.2, 0.25) is 0 Å². The van der Waals surface area contributed by atoms with Crippen molar-refractivity contribution in [1.82, 2.24) is 0 Å². The van der Waals surface area contributed by atoms with E-state index >= 15 is 0 Å². The van der Waals surface area contributed by atoms with E-state index in [1.165, 1.54) is 31.4 Å². The summed E-state index contributed by atoms with van der Waals surface area (Å²) >= 11 is 0. The Labute approximate surface area is 109 Å². The Morgan fingerprint density at radius 3 is 2.33 bits per heavy atom. The number of ether oxygens (including phenoxy) is 2. The number of esters is 1. The van der Waals surface area contributed by atoms with Gasteiger partial charge in [-0.1, -0.05) is 12.1 Å². The van der Waals surface area contributed by atoms with Crippen LogP contribution in [0.1, 0.15) is 18.0 Å². The number of hydrogen-bond acceptors (Lipinski definition) is 4. The van der Waals surface area contributed by atoms with E-state index in [1.54, 1.807) is 0 Å². The molecule has 1 atom stereocenters. The van der Waals surface area contributed by atoms with Crippen molar-refractivity contribution in [3.63, 3.8) is 0 Å². The van der Waals surface area contributed by atoms with Crippen LogP contribution in [0.25, 0.3) is 0 Å². The van der Waals surface area contributed by atoms with Crippen molar-refractivity contribution in [2.75, 3.05) is 7.11 Å². The van der Waals surface area contributed by atoms with Gasteiger partial charge < -0.3 is 15.2 Å². The molecule has 7 heteroatoms. The Kier molecular flexibility index (Phi) is 7.23. The van der Waals surface area contributed by atoms with Crippen LogP contribution in [0, 0.1) is 0 Å². The highest BCUT2D eigenvalue weighted by atomic mass is 35.5. The van der Waals surface area contributed by atoms with Crippen LogP contribution in [0.4, 0.5) is 8.78 Å². The van der Waals surface area contributed by atoms with Gasteiger partial charge in [-0.25, -0.2) is 0 Å². The van der Waals surface area contributed by atoms with Gasteiger partial charge in [-0.05, 0) is 17.7 Å². The molecular formula is C11H14ClF2NO3. The molecule has 0 amide bonds. The van der Waals surface area contributed by atoms with Crippen molar-refractivity contribution in [3.8, 4) is 5.75 Å². The maximum Gasteiger partial charge on any atom is 0.387 e. The predicted molar refractivity (Wildman–Crippen MR) is 63.9 cm³/mol. The molecule has 0 spiro atoms. The van der Waals surface area contributed by atoms with Crippen LogP contribution in [0.3, 0.4) is 0 Å². The van der Waals surface area contributed by atoms with Crippen LogP contribution in [0.2, 0.25) is 0 Å². The van der Waals surface area contributed by atoms with E-state index in [0.717, 1.165) is 0 Å². The SMILES string of the molecule is COC(=O)CC(N)c1ccc(OC(F)F)cc1.Cl. The minimum atomic E-state index is -2.86. The largest absolute Gasteiger partial charge is 0.469 e. The highest BCUT2D eigenvalue weighted by molar-refractivity contribution is 5.85. The first-order valence-electron chi connectivity index (χ1n) is 4.90. The third kappa shape index (κ3) is 5.29. The summed E-state index contributed by atoms with van der Waals surface area (Å²) in [5, 5.41) is 0. The molecule has 0 aliphatic heterocycles. The fourth-order valence-electron chi connectivity index (χ4n) is 1.28. The van der Waals surface area contributed by atoms with Crippen molar-refractivity contribution in [1.29, 1.82) is 0 Å². The Hall–Kier alpha value is -1.40. The van der Waals surface area contributed by atoms with E-state index in [1.807, 2.05) is 0 Å². The monoisotopic (exact) mass is 281 g/mol. The molecule has 0 aliphatic carbocycles. The molecule has 0 aliphatic rings. The molecule has 1 aromatic carbocycles. The molecule has 102 valence electrons.